The van der Waals surface area contributed by atoms with E-state index in [1.165, 1.54) is 12.1 Å². The van der Waals surface area contributed by atoms with Crippen molar-refractivity contribution in [2.24, 2.45) is 0 Å². The van der Waals surface area contributed by atoms with E-state index in [0.29, 0.717) is 5.56 Å². The fraction of sp³-hybridized carbons (Fsp3) is 0.333. The summed E-state index contributed by atoms with van der Waals surface area (Å²) < 4.78 is 16.2. The first-order valence-corrected chi connectivity index (χ1v) is 7.44. The van der Waals surface area contributed by atoms with Crippen LogP contribution < -0.4 is 0 Å². The number of carbonyl (C=O) groups is 2. The van der Waals surface area contributed by atoms with E-state index in [1.54, 1.807) is 18.2 Å². The lowest BCUT2D eigenvalue weighted by molar-refractivity contribution is -0.169. The van der Waals surface area contributed by atoms with E-state index < -0.39 is 37.2 Å². The van der Waals surface area contributed by atoms with Crippen molar-refractivity contribution >= 4 is 19.5 Å². The number of carboxylic acids is 2. The number of rotatable bonds is 7. The zero-order valence-corrected chi connectivity index (χ0v) is 11.9. The Morgan fingerprint density at radius 3 is 2.10 bits per heavy atom. The summed E-state index contributed by atoms with van der Waals surface area (Å²) in [5, 5.41) is 18.4. The standard InChI is InChI=1S/C12H15O8P/c1-20-12(11(15)16,7-8-5-3-2-4-6-8)9(10(13)14)21(17,18)19/h2-6,9H,7H2,1H3,(H,13,14)(H,15,16)(H2,17,18,19). The van der Waals surface area contributed by atoms with Crippen LogP contribution in [-0.4, -0.2) is 50.3 Å². The molecule has 1 rings (SSSR count). The van der Waals surface area contributed by atoms with Crippen LogP contribution in [0.2, 0.25) is 0 Å². The monoisotopic (exact) mass is 318 g/mol. The van der Waals surface area contributed by atoms with Gasteiger partial charge in [0.25, 0.3) is 0 Å². The number of aliphatic carboxylic acids is 2. The van der Waals surface area contributed by atoms with Gasteiger partial charge < -0.3 is 24.7 Å². The molecule has 0 saturated carbocycles. The number of benzene rings is 1. The smallest absolute Gasteiger partial charge is 0.343 e. The molecule has 4 N–H and O–H groups in total. The number of ether oxygens (including phenoxy) is 1. The van der Waals surface area contributed by atoms with E-state index in [2.05, 4.69) is 0 Å². The Bertz CT molecular complexity index is 566. The first-order chi connectivity index (χ1) is 9.65. The summed E-state index contributed by atoms with van der Waals surface area (Å²) in [5.41, 5.74) is -4.72. The Morgan fingerprint density at radius 1 is 1.24 bits per heavy atom. The lowest BCUT2D eigenvalue weighted by Gasteiger charge is -2.33. The van der Waals surface area contributed by atoms with Crippen molar-refractivity contribution in [1.82, 2.24) is 0 Å². The van der Waals surface area contributed by atoms with Gasteiger partial charge >= 0.3 is 19.5 Å². The minimum absolute atomic E-state index is 0.376. The molecule has 0 bridgehead atoms. The average Bonchev–Trinajstić information content (AvgIpc) is 2.36. The minimum atomic E-state index is -5.27. The number of hydrogen-bond donors (Lipinski definition) is 4. The van der Waals surface area contributed by atoms with E-state index in [0.717, 1.165) is 7.11 Å². The van der Waals surface area contributed by atoms with Gasteiger partial charge in [-0.15, -0.1) is 0 Å². The number of methoxy groups -OCH3 is 1. The average molecular weight is 318 g/mol. The number of hydrogen-bond acceptors (Lipinski definition) is 4. The Labute approximate surface area is 120 Å². The molecule has 0 aliphatic heterocycles. The molecule has 0 radical (unpaired) electrons. The Hall–Kier alpha value is -1.73. The summed E-state index contributed by atoms with van der Waals surface area (Å²) in [6.07, 6.45) is -0.498. The summed E-state index contributed by atoms with van der Waals surface area (Å²) in [4.78, 5) is 41.2. The highest BCUT2D eigenvalue weighted by Crippen LogP contribution is 2.48. The molecular weight excluding hydrogens is 303 g/mol. The highest BCUT2D eigenvalue weighted by Gasteiger charge is 2.58. The Balaban J connectivity index is 3.41. The summed E-state index contributed by atoms with van der Waals surface area (Å²) >= 11 is 0. The van der Waals surface area contributed by atoms with Gasteiger partial charge in [-0.3, -0.25) is 9.36 Å². The van der Waals surface area contributed by atoms with Crippen molar-refractivity contribution in [2.45, 2.75) is 17.7 Å². The quantitative estimate of drug-likeness (QED) is 0.527. The second-order valence-corrected chi connectivity index (χ2v) is 6.09. The van der Waals surface area contributed by atoms with E-state index in [1.807, 2.05) is 0 Å². The molecule has 0 aliphatic rings. The predicted octanol–water partition coefficient (Wildman–Crippen LogP) is 0.330. The largest absolute Gasteiger partial charge is 0.480 e. The molecule has 116 valence electrons. The molecule has 2 unspecified atom stereocenters. The second kappa shape index (κ2) is 6.36. The van der Waals surface area contributed by atoms with Crippen LogP contribution in [0.15, 0.2) is 30.3 Å². The van der Waals surface area contributed by atoms with Gasteiger partial charge in [-0.1, -0.05) is 30.3 Å². The first-order valence-electron chi connectivity index (χ1n) is 5.75. The maximum atomic E-state index is 11.5. The third kappa shape index (κ3) is 3.68. The zero-order chi connectivity index (χ0) is 16.3. The van der Waals surface area contributed by atoms with E-state index in [4.69, 9.17) is 9.84 Å². The van der Waals surface area contributed by atoms with Crippen LogP contribution in [-0.2, 0) is 25.3 Å². The molecule has 8 nitrogen and oxygen atoms in total. The molecule has 0 aromatic heterocycles. The molecule has 0 saturated heterocycles. The fourth-order valence-corrected chi connectivity index (χ4v) is 3.21. The van der Waals surface area contributed by atoms with Crippen LogP contribution in [0.25, 0.3) is 0 Å². The summed E-state index contributed by atoms with van der Waals surface area (Å²) in [6, 6.07) is 7.86. The van der Waals surface area contributed by atoms with Crippen molar-refractivity contribution in [1.29, 1.82) is 0 Å². The molecule has 0 aliphatic carbocycles. The van der Waals surface area contributed by atoms with Gasteiger partial charge in [0.2, 0.25) is 0 Å². The SMILES string of the molecule is COC(Cc1ccccc1)(C(=O)O)C(C(=O)O)P(=O)(O)O. The molecule has 21 heavy (non-hydrogen) atoms. The normalized spacial score (nSPS) is 16.0. The van der Waals surface area contributed by atoms with Gasteiger partial charge in [0, 0.05) is 13.5 Å². The predicted molar refractivity (Wildman–Crippen MR) is 71.0 cm³/mol. The Kier molecular flexibility index (Phi) is 5.25. The van der Waals surface area contributed by atoms with E-state index in [-0.39, 0.29) is 0 Å². The highest BCUT2D eigenvalue weighted by atomic mass is 31.2. The van der Waals surface area contributed by atoms with Gasteiger partial charge in [0.05, 0.1) is 0 Å². The molecule has 9 heteroatoms. The summed E-state index contributed by atoms with van der Waals surface area (Å²) in [5.74, 6) is -3.70. The molecule has 1 aromatic carbocycles. The van der Waals surface area contributed by atoms with Crippen molar-refractivity contribution < 1.29 is 38.9 Å². The van der Waals surface area contributed by atoms with Crippen LogP contribution in [0, 0.1) is 0 Å². The van der Waals surface area contributed by atoms with Gasteiger partial charge in [0.15, 0.2) is 11.3 Å². The lowest BCUT2D eigenvalue weighted by atomic mass is 9.90. The molecule has 2 atom stereocenters. The summed E-state index contributed by atoms with van der Waals surface area (Å²) in [6.45, 7) is 0. The third-order valence-corrected chi connectivity index (χ3v) is 4.36. The third-order valence-electron chi connectivity index (χ3n) is 3.05. The Morgan fingerprint density at radius 2 is 1.76 bits per heavy atom. The fourth-order valence-electron chi connectivity index (χ4n) is 2.07. The van der Waals surface area contributed by atoms with Crippen molar-refractivity contribution in [2.75, 3.05) is 7.11 Å². The van der Waals surface area contributed by atoms with Gasteiger partial charge in [-0.05, 0) is 5.56 Å². The van der Waals surface area contributed by atoms with E-state index in [9.17, 15) is 29.0 Å². The van der Waals surface area contributed by atoms with Crippen LogP contribution >= 0.6 is 7.60 Å². The second-order valence-electron chi connectivity index (χ2n) is 4.39. The van der Waals surface area contributed by atoms with Gasteiger partial charge in [-0.2, -0.15) is 0 Å². The van der Waals surface area contributed by atoms with Crippen molar-refractivity contribution in [3.63, 3.8) is 0 Å². The van der Waals surface area contributed by atoms with Crippen LogP contribution in [0.3, 0.4) is 0 Å². The first kappa shape index (κ1) is 17.3. The van der Waals surface area contributed by atoms with Crippen molar-refractivity contribution in [3.05, 3.63) is 35.9 Å². The van der Waals surface area contributed by atoms with Crippen LogP contribution in [0.1, 0.15) is 5.56 Å². The highest BCUT2D eigenvalue weighted by molar-refractivity contribution is 7.53. The van der Waals surface area contributed by atoms with E-state index >= 15 is 0 Å². The zero-order valence-electron chi connectivity index (χ0n) is 11.0. The van der Waals surface area contributed by atoms with Crippen molar-refractivity contribution in [3.8, 4) is 0 Å². The summed E-state index contributed by atoms with van der Waals surface area (Å²) in [7, 11) is -4.36. The van der Waals surface area contributed by atoms with Gasteiger partial charge in [-0.25, -0.2) is 4.79 Å². The maximum absolute atomic E-state index is 11.5. The topological polar surface area (TPSA) is 141 Å². The minimum Gasteiger partial charge on any atom is -0.480 e. The molecule has 1 aromatic rings. The van der Waals surface area contributed by atoms with Crippen LogP contribution in [0.4, 0.5) is 0 Å². The number of carboxylic acid groups (broad SMARTS) is 2. The lowest BCUT2D eigenvalue weighted by Crippen LogP contribution is -2.56. The molecule has 0 fully saturated rings. The molecule has 0 heterocycles. The maximum Gasteiger partial charge on any atom is 0.343 e. The van der Waals surface area contributed by atoms with Crippen LogP contribution in [0.5, 0.6) is 0 Å². The molecule has 0 amide bonds. The van der Waals surface area contributed by atoms with Gasteiger partial charge in [0.1, 0.15) is 0 Å². The molecular formula is C12H15O8P. The molecule has 0 spiro atoms.